The van der Waals surface area contributed by atoms with Gasteiger partial charge in [0.25, 0.3) is 0 Å². The van der Waals surface area contributed by atoms with Crippen molar-refractivity contribution in [3.05, 3.63) is 53.6 Å². The molecule has 0 aromatic heterocycles. The molecule has 0 saturated carbocycles. The Labute approximate surface area is 137 Å². The van der Waals surface area contributed by atoms with Gasteiger partial charge in [-0.05, 0) is 40.2 Å². The van der Waals surface area contributed by atoms with E-state index in [4.69, 9.17) is 4.74 Å². The van der Waals surface area contributed by atoms with Crippen molar-refractivity contribution in [2.45, 2.75) is 52.4 Å². The van der Waals surface area contributed by atoms with Crippen LogP contribution in [0.1, 0.15) is 52.7 Å². The third-order valence-corrected chi connectivity index (χ3v) is 4.38. The highest BCUT2D eigenvalue weighted by Crippen LogP contribution is 2.34. The molecule has 2 aromatic carbocycles. The van der Waals surface area contributed by atoms with E-state index in [1.165, 1.54) is 11.1 Å². The Balaban J connectivity index is 2.57. The van der Waals surface area contributed by atoms with E-state index in [0.717, 1.165) is 16.8 Å². The highest BCUT2D eigenvalue weighted by atomic mass is 31.0. The van der Waals surface area contributed by atoms with Gasteiger partial charge in [-0.15, -0.1) is 9.24 Å². The molecule has 0 spiro atoms. The second-order valence-corrected chi connectivity index (χ2v) is 8.43. The molecule has 0 aliphatic rings. The van der Waals surface area contributed by atoms with Gasteiger partial charge >= 0.3 is 0 Å². The van der Waals surface area contributed by atoms with E-state index in [1.54, 1.807) is 0 Å². The van der Waals surface area contributed by atoms with Crippen molar-refractivity contribution in [2.75, 3.05) is 0 Å². The van der Waals surface area contributed by atoms with Gasteiger partial charge in [0.15, 0.2) is 0 Å². The normalized spacial score (nSPS) is 12.3. The van der Waals surface area contributed by atoms with Crippen molar-refractivity contribution in [2.24, 2.45) is 0 Å². The van der Waals surface area contributed by atoms with Crippen LogP contribution in [-0.2, 0) is 10.8 Å². The minimum atomic E-state index is 0.0765. The monoisotopic (exact) mass is 314 g/mol. The molecule has 22 heavy (non-hydrogen) atoms. The molecule has 0 aliphatic carbocycles. The average Bonchev–Trinajstić information content (AvgIpc) is 2.39. The summed E-state index contributed by atoms with van der Waals surface area (Å²) in [7, 11) is 2.87. The molecule has 2 aromatic rings. The topological polar surface area (TPSA) is 9.23 Å². The molecule has 0 heterocycles. The van der Waals surface area contributed by atoms with Crippen LogP contribution in [0.5, 0.6) is 11.5 Å². The summed E-state index contributed by atoms with van der Waals surface area (Å²) in [6.45, 7) is 13.5. The van der Waals surface area contributed by atoms with E-state index in [0.29, 0.717) is 0 Å². The molecule has 2 heteroatoms. The van der Waals surface area contributed by atoms with Crippen LogP contribution in [0.2, 0.25) is 0 Å². The fourth-order valence-electron chi connectivity index (χ4n) is 2.38. The average molecular weight is 314 g/mol. The molecule has 0 bridgehead atoms. The van der Waals surface area contributed by atoms with Gasteiger partial charge in [0, 0.05) is 5.30 Å². The fraction of sp³-hybridized carbons (Fsp3) is 0.400. The first kappa shape index (κ1) is 17.0. The zero-order valence-corrected chi connectivity index (χ0v) is 15.7. The Morgan fingerprint density at radius 1 is 0.818 bits per heavy atom. The minimum Gasteiger partial charge on any atom is -0.457 e. The van der Waals surface area contributed by atoms with Gasteiger partial charge in [0.1, 0.15) is 11.5 Å². The van der Waals surface area contributed by atoms with E-state index in [9.17, 15) is 0 Å². The molecular formula is C20H27OP. The highest BCUT2D eigenvalue weighted by molar-refractivity contribution is 7.28. The number of hydrogen-bond acceptors (Lipinski definition) is 1. The molecular weight excluding hydrogens is 287 g/mol. The lowest BCUT2D eigenvalue weighted by atomic mass is 9.80. The van der Waals surface area contributed by atoms with Gasteiger partial charge in [-0.3, -0.25) is 0 Å². The van der Waals surface area contributed by atoms with Gasteiger partial charge < -0.3 is 4.74 Å². The van der Waals surface area contributed by atoms with E-state index >= 15 is 0 Å². The summed E-state index contributed by atoms with van der Waals surface area (Å²) in [5.41, 5.74) is 2.78. The number of ether oxygens (including phenoxy) is 1. The molecule has 0 amide bonds. The predicted octanol–water partition coefficient (Wildman–Crippen LogP) is 5.57. The SMILES string of the molecule is CC(C)(C)c1cc(Oc2ccccc2)c(P)c(C(C)(C)C)c1. The van der Waals surface area contributed by atoms with E-state index < -0.39 is 0 Å². The first-order valence-electron chi connectivity index (χ1n) is 7.76. The molecule has 118 valence electrons. The second kappa shape index (κ2) is 6.05. The van der Waals surface area contributed by atoms with Crippen molar-refractivity contribution in [3.63, 3.8) is 0 Å². The molecule has 0 fully saturated rings. The van der Waals surface area contributed by atoms with Crippen LogP contribution in [-0.4, -0.2) is 0 Å². The molecule has 0 saturated heterocycles. The smallest absolute Gasteiger partial charge is 0.135 e. The summed E-state index contributed by atoms with van der Waals surface area (Å²) in [4.78, 5) is 0. The van der Waals surface area contributed by atoms with Gasteiger partial charge in [0.05, 0.1) is 0 Å². The maximum absolute atomic E-state index is 6.16. The van der Waals surface area contributed by atoms with Gasteiger partial charge in [-0.2, -0.15) is 0 Å². The molecule has 1 atom stereocenters. The van der Waals surface area contributed by atoms with Crippen molar-refractivity contribution >= 4 is 14.5 Å². The Hall–Kier alpha value is -1.33. The van der Waals surface area contributed by atoms with E-state index in [2.05, 4.69) is 62.9 Å². The van der Waals surface area contributed by atoms with Crippen molar-refractivity contribution in [1.82, 2.24) is 0 Å². The van der Waals surface area contributed by atoms with Crippen LogP contribution in [0.4, 0.5) is 0 Å². The van der Waals surface area contributed by atoms with Gasteiger partial charge in [-0.1, -0.05) is 65.8 Å². The standard InChI is InChI=1S/C20H27OP/c1-19(2,3)14-12-16(20(4,5)6)18(22)17(13-14)21-15-10-8-7-9-11-15/h7-13H,22H2,1-6H3. The Morgan fingerprint density at radius 2 is 1.41 bits per heavy atom. The summed E-state index contributed by atoms with van der Waals surface area (Å²) < 4.78 is 6.16. The zero-order chi connectivity index (χ0) is 16.5. The van der Waals surface area contributed by atoms with Crippen molar-refractivity contribution in [3.8, 4) is 11.5 Å². The Kier molecular flexibility index (Phi) is 4.68. The van der Waals surface area contributed by atoms with Crippen molar-refractivity contribution < 1.29 is 4.74 Å². The number of benzene rings is 2. The summed E-state index contributed by atoms with van der Waals surface area (Å²) >= 11 is 0. The lowest BCUT2D eigenvalue weighted by Gasteiger charge is -2.28. The highest BCUT2D eigenvalue weighted by Gasteiger charge is 2.24. The van der Waals surface area contributed by atoms with Crippen LogP contribution in [0.3, 0.4) is 0 Å². The van der Waals surface area contributed by atoms with E-state index in [1.807, 2.05) is 30.3 Å². The maximum Gasteiger partial charge on any atom is 0.135 e. The number of para-hydroxylation sites is 1. The third kappa shape index (κ3) is 3.90. The van der Waals surface area contributed by atoms with Crippen LogP contribution in [0.25, 0.3) is 0 Å². The lowest BCUT2D eigenvalue weighted by Crippen LogP contribution is -2.23. The summed E-state index contributed by atoms with van der Waals surface area (Å²) in [5.74, 6) is 1.80. The van der Waals surface area contributed by atoms with Crippen LogP contribution >= 0.6 is 9.24 Å². The first-order valence-corrected chi connectivity index (χ1v) is 8.34. The fourth-order valence-corrected chi connectivity index (χ4v) is 3.04. The lowest BCUT2D eigenvalue weighted by molar-refractivity contribution is 0.479. The quantitative estimate of drug-likeness (QED) is 0.658. The third-order valence-electron chi connectivity index (χ3n) is 3.79. The van der Waals surface area contributed by atoms with Gasteiger partial charge in [0.2, 0.25) is 0 Å². The zero-order valence-electron chi connectivity index (χ0n) is 14.5. The Morgan fingerprint density at radius 3 is 1.91 bits per heavy atom. The Bertz CT molecular complexity index is 646. The summed E-state index contributed by atoms with van der Waals surface area (Å²) in [6.07, 6.45) is 0. The molecule has 0 radical (unpaired) electrons. The summed E-state index contributed by atoms with van der Waals surface area (Å²) in [5, 5.41) is 1.14. The van der Waals surface area contributed by atoms with E-state index in [-0.39, 0.29) is 10.8 Å². The van der Waals surface area contributed by atoms with Crippen LogP contribution in [0.15, 0.2) is 42.5 Å². The molecule has 1 unspecified atom stereocenters. The summed E-state index contributed by atoms with van der Waals surface area (Å²) in [6, 6.07) is 14.5. The van der Waals surface area contributed by atoms with Crippen LogP contribution in [0, 0.1) is 0 Å². The van der Waals surface area contributed by atoms with Crippen LogP contribution < -0.4 is 10.0 Å². The minimum absolute atomic E-state index is 0.0765. The predicted molar refractivity (Wildman–Crippen MR) is 99.7 cm³/mol. The molecule has 2 rings (SSSR count). The first-order chi connectivity index (χ1) is 10.1. The number of hydrogen-bond donors (Lipinski definition) is 0. The largest absolute Gasteiger partial charge is 0.457 e. The maximum atomic E-state index is 6.16. The molecule has 0 N–H and O–H groups in total. The number of rotatable bonds is 2. The molecule has 0 aliphatic heterocycles. The molecule has 1 nitrogen and oxygen atoms in total. The van der Waals surface area contributed by atoms with Crippen molar-refractivity contribution in [1.29, 1.82) is 0 Å². The second-order valence-electron chi connectivity index (χ2n) is 7.85. The van der Waals surface area contributed by atoms with Gasteiger partial charge in [-0.25, -0.2) is 0 Å².